The van der Waals surface area contributed by atoms with Gasteiger partial charge >= 0.3 is 12.0 Å². The lowest BCUT2D eigenvalue weighted by molar-refractivity contribution is -0.137. The van der Waals surface area contributed by atoms with Crippen molar-refractivity contribution in [2.45, 2.75) is 12.5 Å². The van der Waals surface area contributed by atoms with Crippen LogP contribution >= 0.6 is 0 Å². The molecule has 1 aliphatic rings. The van der Waals surface area contributed by atoms with Crippen LogP contribution in [0, 0.1) is 5.41 Å². The van der Waals surface area contributed by atoms with E-state index in [9.17, 15) is 14.4 Å². The third kappa shape index (κ3) is 4.93. The average Bonchev–Trinajstić information content (AvgIpc) is 3.08. The standard InChI is InChI=1S/C21H23N5O4/c22-20(23)15-6-8-16(9-7-15)26-11-10-25(21(26)30)13-18(27)24-17(12-19(28)29)14-4-2-1-3-5-14/h1-9,17H,10-13H2,(H3,22,23)(H,24,27)(H,28,29). The lowest BCUT2D eigenvalue weighted by Crippen LogP contribution is -2.41. The van der Waals surface area contributed by atoms with Gasteiger partial charge in [-0.05, 0) is 29.8 Å². The summed E-state index contributed by atoms with van der Waals surface area (Å²) in [4.78, 5) is 39.4. The first-order valence-corrected chi connectivity index (χ1v) is 9.42. The molecular weight excluding hydrogens is 386 g/mol. The third-order valence-corrected chi connectivity index (χ3v) is 4.84. The molecule has 1 heterocycles. The second-order valence-electron chi connectivity index (χ2n) is 6.94. The minimum absolute atomic E-state index is 0.0538. The first-order chi connectivity index (χ1) is 14.3. The van der Waals surface area contributed by atoms with E-state index in [4.69, 9.17) is 16.2 Å². The molecule has 0 aromatic heterocycles. The van der Waals surface area contributed by atoms with Gasteiger partial charge in [-0.15, -0.1) is 0 Å². The molecule has 3 amide bonds. The number of amides is 3. The highest BCUT2D eigenvalue weighted by Gasteiger charge is 2.31. The Kier molecular flexibility index (Phi) is 6.31. The van der Waals surface area contributed by atoms with Crippen LogP contribution in [0.25, 0.3) is 0 Å². The SMILES string of the molecule is N=C(N)c1ccc(N2CCN(CC(=O)NC(CC(=O)O)c3ccccc3)C2=O)cc1. The van der Waals surface area contributed by atoms with Crippen molar-refractivity contribution in [3.63, 3.8) is 0 Å². The largest absolute Gasteiger partial charge is 0.481 e. The predicted octanol–water partition coefficient (Wildman–Crippen LogP) is 1.54. The molecule has 156 valence electrons. The summed E-state index contributed by atoms with van der Waals surface area (Å²) in [5, 5.41) is 19.3. The first kappa shape index (κ1) is 20.8. The van der Waals surface area contributed by atoms with Crippen LogP contribution < -0.4 is 16.0 Å². The number of nitrogens with one attached hydrogen (secondary N) is 2. The maximum Gasteiger partial charge on any atom is 0.325 e. The Morgan fingerprint density at radius 2 is 1.77 bits per heavy atom. The molecule has 30 heavy (non-hydrogen) atoms. The molecular formula is C21H23N5O4. The molecule has 5 N–H and O–H groups in total. The number of carbonyl (C=O) groups is 3. The molecule has 1 unspecified atom stereocenters. The highest BCUT2D eigenvalue weighted by molar-refractivity contribution is 5.98. The summed E-state index contributed by atoms with van der Waals surface area (Å²) in [5.74, 6) is -1.50. The minimum Gasteiger partial charge on any atom is -0.481 e. The molecule has 9 nitrogen and oxygen atoms in total. The smallest absolute Gasteiger partial charge is 0.325 e. The number of hydrogen-bond donors (Lipinski definition) is 4. The van der Waals surface area contributed by atoms with Crippen molar-refractivity contribution in [3.05, 3.63) is 65.7 Å². The number of nitrogens with two attached hydrogens (primary N) is 1. The van der Waals surface area contributed by atoms with Crippen LogP contribution in [0.2, 0.25) is 0 Å². The molecule has 1 atom stereocenters. The van der Waals surface area contributed by atoms with Crippen LogP contribution in [0.1, 0.15) is 23.6 Å². The van der Waals surface area contributed by atoms with Gasteiger partial charge in [0.15, 0.2) is 0 Å². The van der Waals surface area contributed by atoms with E-state index in [1.807, 2.05) is 6.07 Å². The fourth-order valence-electron chi connectivity index (χ4n) is 3.32. The van der Waals surface area contributed by atoms with E-state index in [1.165, 1.54) is 4.90 Å². The predicted molar refractivity (Wildman–Crippen MR) is 111 cm³/mol. The quantitative estimate of drug-likeness (QED) is 0.387. The molecule has 9 heteroatoms. The molecule has 0 saturated carbocycles. The van der Waals surface area contributed by atoms with Crippen molar-refractivity contribution < 1.29 is 19.5 Å². The molecule has 2 aromatic carbocycles. The van der Waals surface area contributed by atoms with Crippen molar-refractivity contribution in [3.8, 4) is 0 Å². The summed E-state index contributed by atoms with van der Waals surface area (Å²) < 4.78 is 0. The summed E-state index contributed by atoms with van der Waals surface area (Å²) in [6.07, 6.45) is -0.252. The number of benzene rings is 2. The fourth-order valence-corrected chi connectivity index (χ4v) is 3.32. The zero-order valence-corrected chi connectivity index (χ0v) is 16.2. The van der Waals surface area contributed by atoms with E-state index >= 15 is 0 Å². The van der Waals surface area contributed by atoms with Crippen LogP contribution in [0.4, 0.5) is 10.5 Å². The van der Waals surface area contributed by atoms with E-state index in [1.54, 1.807) is 53.4 Å². The summed E-state index contributed by atoms with van der Waals surface area (Å²) >= 11 is 0. The Labute approximate surface area is 173 Å². The number of carboxylic acid groups (broad SMARTS) is 1. The van der Waals surface area contributed by atoms with E-state index in [0.29, 0.717) is 29.9 Å². The molecule has 3 rings (SSSR count). The van der Waals surface area contributed by atoms with Gasteiger partial charge in [0, 0.05) is 24.3 Å². The van der Waals surface area contributed by atoms with Gasteiger partial charge in [0.25, 0.3) is 0 Å². The summed E-state index contributed by atoms with van der Waals surface area (Å²) in [7, 11) is 0. The van der Waals surface area contributed by atoms with Crippen LogP contribution in [0.5, 0.6) is 0 Å². The second kappa shape index (κ2) is 9.08. The lowest BCUT2D eigenvalue weighted by Gasteiger charge is -2.21. The van der Waals surface area contributed by atoms with E-state index in [0.717, 1.165) is 0 Å². The zero-order valence-electron chi connectivity index (χ0n) is 16.2. The monoisotopic (exact) mass is 409 g/mol. The average molecular weight is 409 g/mol. The van der Waals surface area contributed by atoms with Gasteiger partial charge in [-0.1, -0.05) is 30.3 Å². The van der Waals surface area contributed by atoms with Gasteiger partial charge < -0.3 is 21.1 Å². The maximum atomic E-state index is 12.7. The lowest BCUT2D eigenvalue weighted by atomic mass is 10.0. The maximum absolute atomic E-state index is 12.7. The molecule has 1 saturated heterocycles. The number of carboxylic acids is 1. The number of amidine groups is 1. The molecule has 1 fully saturated rings. The Morgan fingerprint density at radius 1 is 1.10 bits per heavy atom. The summed E-state index contributed by atoms with van der Waals surface area (Å²) in [6.45, 7) is 0.627. The second-order valence-corrected chi connectivity index (χ2v) is 6.94. The van der Waals surface area contributed by atoms with E-state index in [2.05, 4.69) is 5.32 Å². The molecule has 0 aliphatic carbocycles. The third-order valence-electron chi connectivity index (χ3n) is 4.84. The summed E-state index contributed by atoms with van der Waals surface area (Å²) in [5.41, 5.74) is 7.35. The van der Waals surface area contributed by atoms with Crippen LogP contribution in [-0.4, -0.2) is 53.4 Å². The first-order valence-electron chi connectivity index (χ1n) is 9.42. The van der Waals surface area contributed by atoms with Crippen molar-refractivity contribution in [2.24, 2.45) is 5.73 Å². The Bertz CT molecular complexity index is 946. The summed E-state index contributed by atoms with van der Waals surface area (Å²) in [6, 6.07) is 14.6. The highest BCUT2D eigenvalue weighted by Crippen LogP contribution is 2.21. The molecule has 1 aliphatic heterocycles. The van der Waals surface area contributed by atoms with Crippen molar-refractivity contribution >= 4 is 29.4 Å². The number of hydrogen-bond acceptors (Lipinski definition) is 4. The number of nitrogen functional groups attached to an aromatic ring is 1. The zero-order chi connectivity index (χ0) is 21.7. The molecule has 0 bridgehead atoms. The minimum atomic E-state index is -1.03. The van der Waals surface area contributed by atoms with Gasteiger partial charge in [0.05, 0.1) is 12.5 Å². The van der Waals surface area contributed by atoms with Crippen molar-refractivity contribution in [2.75, 3.05) is 24.5 Å². The van der Waals surface area contributed by atoms with Gasteiger partial charge in [-0.25, -0.2) is 4.79 Å². The molecule has 0 spiro atoms. The number of aliphatic carboxylic acids is 1. The Balaban J connectivity index is 1.63. The van der Waals surface area contributed by atoms with Crippen LogP contribution in [0.3, 0.4) is 0 Å². The number of anilines is 1. The van der Waals surface area contributed by atoms with Gasteiger partial charge in [-0.2, -0.15) is 0 Å². The van der Waals surface area contributed by atoms with E-state index in [-0.39, 0.29) is 24.8 Å². The van der Waals surface area contributed by atoms with Gasteiger partial charge in [0.2, 0.25) is 5.91 Å². The number of carbonyl (C=O) groups excluding carboxylic acids is 2. The van der Waals surface area contributed by atoms with Crippen LogP contribution in [0.15, 0.2) is 54.6 Å². The Hall–Kier alpha value is -3.88. The molecule has 2 aromatic rings. The number of rotatable bonds is 8. The highest BCUT2D eigenvalue weighted by atomic mass is 16.4. The van der Waals surface area contributed by atoms with Gasteiger partial charge in [-0.3, -0.25) is 19.9 Å². The number of nitrogens with zero attached hydrogens (tertiary/aromatic N) is 2. The Morgan fingerprint density at radius 3 is 2.37 bits per heavy atom. The fraction of sp³-hybridized carbons (Fsp3) is 0.238. The normalized spacial score (nSPS) is 14.5. The van der Waals surface area contributed by atoms with Crippen molar-refractivity contribution in [1.82, 2.24) is 10.2 Å². The van der Waals surface area contributed by atoms with Crippen molar-refractivity contribution in [1.29, 1.82) is 5.41 Å². The van der Waals surface area contributed by atoms with Gasteiger partial charge in [0.1, 0.15) is 12.4 Å². The number of urea groups is 1. The topological polar surface area (TPSA) is 140 Å². The van der Waals surface area contributed by atoms with Crippen LogP contribution in [-0.2, 0) is 9.59 Å². The van der Waals surface area contributed by atoms with E-state index < -0.39 is 17.9 Å². The molecule has 0 radical (unpaired) electrons.